The molecule has 4 nitrogen and oxygen atoms in total. The van der Waals surface area contributed by atoms with Crippen molar-refractivity contribution in [2.45, 2.75) is 6.10 Å². The lowest BCUT2D eigenvalue weighted by atomic mass is 10.1. The lowest BCUT2D eigenvalue weighted by Gasteiger charge is -2.33. The summed E-state index contributed by atoms with van der Waals surface area (Å²) < 4.78 is 5.87. The number of rotatable bonds is 3. The molecule has 0 N–H and O–H groups in total. The highest BCUT2D eigenvalue weighted by Crippen LogP contribution is 2.25. The Morgan fingerprint density at radius 3 is 2.62 bits per heavy atom. The molecule has 0 aliphatic carbocycles. The predicted octanol–water partition coefficient (Wildman–Crippen LogP) is 3.62. The zero-order chi connectivity index (χ0) is 17.1. The van der Waals surface area contributed by atoms with Crippen molar-refractivity contribution in [3.63, 3.8) is 0 Å². The first-order valence-corrected chi connectivity index (χ1v) is 8.36. The standard InChI is InChI=1S/C19H21ClN2O2/c1-21(2)17-8-6-14(7-9-17)18-13-22(10-11-24-18)19(23)15-4-3-5-16(20)12-15/h3-9,12,18H,10-11,13H2,1-2H3. The Hall–Kier alpha value is -2.04. The Balaban J connectivity index is 1.73. The van der Waals surface area contributed by atoms with Crippen LogP contribution < -0.4 is 4.90 Å². The van der Waals surface area contributed by atoms with Crippen molar-refractivity contribution in [2.75, 3.05) is 38.7 Å². The number of anilines is 1. The second kappa shape index (κ2) is 7.24. The van der Waals surface area contributed by atoms with Crippen molar-refractivity contribution in [3.05, 3.63) is 64.7 Å². The molecular formula is C19H21ClN2O2. The van der Waals surface area contributed by atoms with Gasteiger partial charge >= 0.3 is 0 Å². The van der Waals surface area contributed by atoms with Crippen LogP contribution in [0.25, 0.3) is 0 Å². The lowest BCUT2D eigenvalue weighted by molar-refractivity contribution is -0.0228. The maximum absolute atomic E-state index is 12.7. The molecule has 1 heterocycles. The van der Waals surface area contributed by atoms with E-state index in [2.05, 4.69) is 29.2 Å². The van der Waals surface area contributed by atoms with Gasteiger partial charge in [0.2, 0.25) is 0 Å². The van der Waals surface area contributed by atoms with Crippen LogP contribution in [-0.2, 0) is 4.74 Å². The van der Waals surface area contributed by atoms with Gasteiger partial charge in [-0.1, -0.05) is 29.8 Å². The molecule has 1 atom stereocenters. The zero-order valence-corrected chi connectivity index (χ0v) is 14.7. The van der Waals surface area contributed by atoms with Crippen LogP contribution in [0.3, 0.4) is 0 Å². The fourth-order valence-corrected chi connectivity index (χ4v) is 3.02. The van der Waals surface area contributed by atoms with Crippen LogP contribution in [-0.4, -0.2) is 44.6 Å². The SMILES string of the molecule is CN(C)c1ccc(C2CN(C(=O)c3cccc(Cl)c3)CCO2)cc1. The first-order chi connectivity index (χ1) is 11.5. The number of carbonyl (C=O) groups is 1. The van der Waals surface area contributed by atoms with E-state index >= 15 is 0 Å². The van der Waals surface area contributed by atoms with Gasteiger partial charge < -0.3 is 14.5 Å². The first-order valence-electron chi connectivity index (χ1n) is 7.98. The Labute approximate surface area is 147 Å². The maximum Gasteiger partial charge on any atom is 0.254 e. The lowest BCUT2D eigenvalue weighted by Crippen LogP contribution is -2.42. The minimum atomic E-state index is -0.0990. The van der Waals surface area contributed by atoms with Crippen molar-refractivity contribution in [1.29, 1.82) is 0 Å². The van der Waals surface area contributed by atoms with E-state index in [0.29, 0.717) is 30.3 Å². The van der Waals surface area contributed by atoms with Gasteiger partial charge in [-0.3, -0.25) is 4.79 Å². The molecule has 1 unspecified atom stereocenters. The van der Waals surface area contributed by atoms with Crippen LogP contribution in [0, 0.1) is 0 Å². The van der Waals surface area contributed by atoms with Crippen LogP contribution in [0.15, 0.2) is 48.5 Å². The number of ether oxygens (including phenoxy) is 1. The molecule has 1 aliphatic rings. The Morgan fingerprint density at radius 2 is 1.96 bits per heavy atom. The number of amides is 1. The number of benzene rings is 2. The molecule has 1 amide bonds. The summed E-state index contributed by atoms with van der Waals surface area (Å²) in [4.78, 5) is 16.6. The van der Waals surface area contributed by atoms with E-state index in [9.17, 15) is 4.79 Å². The van der Waals surface area contributed by atoms with Gasteiger partial charge in [-0.15, -0.1) is 0 Å². The molecule has 2 aromatic rings. The molecule has 0 saturated carbocycles. The predicted molar refractivity (Wildman–Crippen MR) is 96.8 cm³/mol. The van der Waals surface area contributed by atoms with Crippen LogP contribution >= 0.6 is 11.6 Å². The minimum Gasteiger partial charge on any atom is -0.378 e. The number of hydrogen-bond acceptors (Lipinski definition) is 3. The largest absolute Gasteiger partial charge is 0.378 e. The molecule has 2 aromatic carbocycles. The van der Waals surface area contributed by atoms with Crippen LogP contribution in [0.4, 0.5) is 5.69 Å². The molecule has 0 radical (unpaired) electrons. The van der Waals surface area contributed by atoms with E-state index in [1.54, 1.807) is 24.3 Å². The van der Waals surface area contributed by atoms with Crippen LogP contribution in [0.2, 0.25) is 5.02 Å². The average molecular weight is 345 g/mol. The zero-order valence-electron chi connectivity index (χ0n) is 13.9. The summed E-state index contributed by atoms with van der Waals surface area (Å²) in [5.41, 5.74) is 2.84. The summed E-state index contributed by atoms with van der Waals surface area (Å²) in [6, 6.07) is 15.3. The third kappa shape index (κ3) is 3.71. The van der Waals surface area contributed by atoms with Crippen molar-refractivity contribution >= 4 is 23.2 Å². The first kappa shape index (κ1) is 16.8. The quantitative estimate of drug-likeness (QED) is 0.852. The van der Waals surface area contributed by atoms with Gasteiger partial charge in [-0.25, -0.2) is 0 Å². The minimum absolute atomic E-state index is 0.00397. The molecule has 24 heavy (non-hydrogen) atoms. The third-order valence-electron chi connectivity index (χ3n) is 4.21. The number of nitrogens with zero attached hydrogens (tertiary/aromatic N) is 2. The Bertz CT molecular complexity index is 716. The molecule has 0 spiro atoms. The summed E-state index contributed by atoms with van der Waals surface area (Å²) in [6.45, 7) is 1.68. The highest BCUT2D eigenvalue weighted by Gasteiger charge is 2.26. The van der Waals surface area contributed by atoms with Crippen LogP contribution in [0.5, 0.6) is 0 Å². The fourth-order valence-electron chi connectivity index (χ4n) is 2.83. The topological polar surface area (TPSA) is 32.8 Å². The highest BCUT2D eigenvalue weighted by molar-refractivity contribution is 6.30. The van der Waals surface area contributed by atoms with Crippen molar-refractivity contribution < 1.29 is 9.53 Å². The van der Waals surface area contributed by atoms with Crippen molar-refractivity contribution in [1.82, 2.24) is 4.90 Å². The highest BCUT2D eigenvalue weighted by atomic mass is 35.5. The third-order valence-corrected chi connectivity index (χ3v) is 4.44. The van der Waals surface area contributed by atoms with E-state index in [1.165, 1.54) is 0 Å². The smallest absolute Gasteiger partial charge is 0.254 e. The van der Waals surface area contributed by atoms with E-state index in [-0.39, 0.29) is 12.0 Å². The molecule has 0 bridgehead atoms. The van der Waals surface area contributed by atoms with Gasteiger partial charge in [0.25, 0.3) is 5.91 Å². The fraction of sp³-hybridized carbons (Fsp3) is 0.316. The van der Waals surface area contributed by atoms with Gasteiger partial charge in [0.05, 0.1) is 13.2 Å². The van der Waals surface area contributed by atoms with Gasteiger partial charge in [-0.2, -0.15) is 0 Å². The number of carbonyl (C=O) groups excluding carboxylic acids is 1. The summed E-state index contributed by atoms with van der Waals surface area (Å²) >= 11 is 5.99. The monoisotopic (exact) mass is 344 g/mol. The van der Waals surface area contributed by atoms with Crippen LogP contribution in [0.1, 0.15) is 22.0 Å². The molecule has 0 aromatic heterocycles. The maximum atomic E-state index is 12.7. The second-order valence-electron chi connectivity index (χ2n) is 6.11. The van der Waals surface area contributed by atoms with E-state index in [0.717, 1.165) is 11.3 Å². The molecule has 5 heteroatoms. The van der Waals surface area contributed by atoms with Gasteiger partial charge in [0, 0.05) is 36.9 Å². The molecular weight excluding hydrogens is 324 g/mol. The van der Waals surface area contributed by atoms with E-state index in [1.807, 2.05) is 19.0 Å². The summed E-state index contributed by atoms with van der Waals surface area (Å²) in [5, 5.41) is 0.574. The number of halogens is 1. The van der Waals surface area contributed by atoms with Gasteiger partial charge in [0.15, 0.2) is 0 Å². The molecule has 3 rings (SSSR count). The molecule has 1 aliphatic heterocycles. The van der Waals surface area contributed by atoms with Gasteiger partial charge in [0.1, 0.15) is 6.10 Å². The Kier molecular flexibility index (Phi) is 5.07. The summed E-state index contributed by atoms with van der Waals surface area (Å²) in [7, 11) is 4.02. The Morgan fingerprint density at radius 1 is 1.21 bits per heavy atom. The summed E-state index contributed by atoms with van der Waals surface area (Å²) in [6.07, 6.45) is -0.0990. The normalized spacial score (nSPS) is 17.6. The van der Waals surface area contributed by atoms with E-state index in [4.69, 9.17) is 16.3 Å². The summed E-state index contributed by atoms with van der Waals surface area (Å²) in [5.74, 6) is -0.00397. The number of hydrogen-bond donors (Lipinski definition) is 0. The molecule has 1 fully saturated rings. The average Bonchev–Trinajstić information content (AvgIpc) is 2.61. The van der Waals surface area contributed by atoms with Crippen molar-refractivity contribution in [2.24, 2.45) is 0 Å². The second-order valence-corrected chi connectivity index (χ2v) is 6.54. The van der Waals surface area contributed by atoms with Gasteiger partial charge in [-0.05, 0) is 35.9 Å². The van der Waals surface area contributed by atoms with E-state index < -0.39 is 0 Å². The number of morpholine rings is 1. The molecule has 126 valence electrons. The molecule has 1 saturated heterocycles. The van der Waals surface area contributed by atoms with Crippen molar-refractivity contribution in [3.8, 4) is 0 Å².